The lowest BCUT2D eigenvalue weighted by Crippen LogP contribution is -2.28. The van der Waals surface area contributed by atoms with Gasteiger partial charge in [-0.1, -0.05) is 34.8 Å². The SMILES string of the molecule is C[C@@H](Cc1nc2ccc(Cl)cc2[nH]1)NCc1cc(Cl)cc(Cl)c1. The zero-order chi connectivity index (χ0) is 16.4. The molecule has 1 heterocycles. The van der Waals surface area contributed by atoms with Crippen molar-refractivity contribution in [1.29, 1.82) is 0 Å². The number of fused-ring (bicyclic) bond motifs is 1. The maximum atomic E-state index is 6.02. The summed E-state index contributed by atoms with van der Waals surface area (Å²) in [4.78, 5) is 7.89. The van der Waals surface area contributed by atoms with Crippen LogP contribution in [0.15, 0.2) is 36.4 Å². The lowest BCUT2D eigenvalue weighted by atomic mass is 10.2. The van der Waals surface area contributed by atoms with Crippen LogP contribution in [0.1, 0.15) is 18.3 Å². The molecule has 0 aliphatic heterocycles. The van der Waals surface area contributed by atoms with Gasteiger partial charge in [0.15, 0.2) is 0 Å². The number of aromatic amines is 1. The molecule has 23 heavy (non-hydrogen) atoms. The van der Waals surface area contributed by atoms with E-state index < -0.39 is 0 Å². The highest BCUT2D eigenvalue weighted by Crippen LogP contribution is 2.20. The Hall–Kier alpha value is -1.26. The molecule has 0 unspecified atom stereocenters. The largest absolute Gasteiger partial charge is 0.342 e. The van der Waals surface area contributed by atoms with Crippen LogP contribution in [0.25, 0.3) is 11.0 Å². The maximum Gasteiger partial charge on any atom is 0.108 e. The van der Waals surface area contributed by atoms with Gasteiger partial charge in [0.05, 0.1) is 11.0 Å². The number of imidazole rings is 1. The van der Waals surface area contributed by atoms with Gasteiger partial charge in [-0.05, 0) is 48.9 Å². The molecule has 0 radical (unpaired) electrons. The third kappa shape index (κ3) is 4.39. The molecule has 0 aliphatic carbocycles. The summed E-state index contributed by atoms with van der Waals surface area (Å²) in [6.07, 6.45) is 0.792. The van der Waals surface area contributed by atoms with Gasteiger partial charge in [-0.3, -0.25) is 0 Å². The summed E-state index contributed by atoms with van der Waals surface area (Å²) in [5.74, 6) is 0.936. The second kappa shape index (κ2) is 7.10. The van der Waals surface area contributed by atoms with Crippen LogP contribution in [0.5, 0.6) is 0 Å². The molecule has 1 aromatic heterocycles. The third-order valence-corrected chi connectivity index (χ3v) is 4.24. The van der Waals surface area contributed by atoms with Crippen molar-refractivity contribution in [3.63, 3.8) is 0 Å². The standard InChI is InChI=1S/C17H16Cl3N3/c1-10(21-9-11-5-13(19)7-14(20)6-11)4-17-22-15-3-2-12(18)8-16(15)23-17/h2-3,5-8,10,21H,4,9H2,1H3,(H,22,23)/t10-/m0/s1. The quantitative estimate of drug-likeness (QED) is 0.646. The molecular formula is C17H16Cl3N3. The van der Waals surface area contributed by atoms with Gasteiger partial charge in [0.2, 0.25) is 0 Å². The van der Waals surface area contributed by atoms with Crippen molar-refractivity contribution in [2.24, 2.45) is 0 Å². The summed E-state index contributed by atoms with van der Waals surface area (Å²) in [5.41, 5.74) is 2.95. The van der Waals surface area contributed by atoms with Gasteiger partial charge in [0.25, 0.3) is 0 Å². The molecule has 1 atom stereocenters. The van der Waals surface area contributed by atoms with Crippen molar-refractivity contribution in [2.45, 2.75) is 25.9 Å². The van der Waals surface area contributed by atoms with Gasteiger partial charge >= 0.3 is 0 Å². The Morgan fingerprint density at radius 3 is 2.52 bits per heavy atom. The Morgan fingerprint density at radius 2 is 1.78 bits per heavy atom. The number of rotatable bonds is 5. The molecule has 2 aromatic carbocycles. The van der Waals surface area contributed by atoms with Crippen molar-refractivity contribution in [1.82, 2.24) is 15.3 Å². The maximum absolute atomic E-state index is 6.02. The minimum Gasteiger partial charge on any atom is -0.342 e. The molecule has 0 saturated carbocycles. The second-order valence-corrected chi connectivity index (χ2v) is 6.92. The van der Waals surface area contributed by atoms with Crippen molar-refractivity contribution in [3.05, 3.63) is 62.9 Å². The number of H-pyrrole nitrogens is 1. The Balaban J connectivity index is 1.62. The minimum atomic E-state index is 0.254. The van der Waals surface area contributed by atoms with Crippen LogP contribution in [0, 0.1) is 0 Å². The average Bonchev–Trinajstić information content (AvgIpc) is 2.85. The molecule has 6 heteroatoms. The molecule has 0 amide bonds. The van der Waals surface area contributed by atoms with E-state index in [0.29, 0.717) is 21.6 Å². The first-order valence-corrected chi connectivity index (χ1v) is 8.45. The highest BCUT2D eigenvalue weighted by atomic mass is 35.5. The smallest absolute Gasteiger partial charge is 0.108 e. The van der Waals surface area contributed by atoms with Gasteiger partial charge in [0, 0.05) is 34.1 Å². The third-order valence-electron chi connectivity index (χ3n) is 3.57. The number of hydrogen-bond donors (Lipinski definition) is 2. The second-order valence-electron chi connectivity index (χ2n) is 5.61. The van der Waals surface area contributed by atoms with Crippen LogP contribution in [0.4, 0.5) is 0 Å². The number of halogens is 3. The van der Waals surface area contributed by atoms with Gasteiger partial charge in [0.1, 0.15) is 5.82 Å². The molecule has 0 fully saturated rings. The van der Waals surface area contributed by atoms with Crippen LogP contribution < -0.4 is 5.32 Å². The number of hydrogen-bond acceptors (Lipinski definition) is 2. The number of nitrogens with one attached hydrogen (secondary N) is 2. The van der Waals surface area contributed by atoms with Crippen molar-refractivity contribution in [3.8, 4) is 0 Å². The molecule has 0 bridgehead atoms. The molecule has 0 spiro atoms. The lowest BCUT2D eigenvalue weighted by molar-refractivity contribution is 0.536. The Bertz CT molecular complexity index is 809. The average molecular weight is 369 g/mol. The zero-order valence-corrected chi connectivity index (χ0v) is 14.8. The summed E-state index contributed by atoms with van der Waals surface area (Å²) in [7, 11) is 0. The molecule has 0 saturated heterocycles. The molecule has 0 aliphatic rings. The fraction of sp³-hybridized carbons (Fsp3) is 0.235. The highest BCUT2D eigenvalue weighted by Gasteiger charge is 2.09. The summed E-state index contributed by atoms with van der Waals surface area (Å²) in [5, 5.41) is 5.46. The fourth-order valence-electron chi connectivity index (χ4n) is 2.50. The first kappa shape index (κ1) is 16.6. The van der Waals surface area contributed by atoms with E-state index in [1.807, 2.05) is 30.3 Å². The molecule has 3 nitrogen and oxygen atoms in total. The van der Waals surface area contributed by atoms with Crippen LogP contribution in [-0.2, 0) is 13.0 Å². The Labute approximate surface area is 150 Å². The van der Waals surface area contributed by atoms with E-state index in [9.17, 15) is 0 Å². The number of benzene rings is 2. The molecule has 3 rings (SSSR count). The van der Waals surface area contributed by atoms with E-state index in [1.54, 1.807) is 6.07 Å². The predicted molar refractivity (Wildman–Crippen MR) is 97.6 cm³/mol. The van der Waals surface area contributed by atoms with Gasteiger partial charge < -0.3 is 10.3 Å². The predicted octanol–water partition coefficient (Wildman–Crippen LogP) is 5.24. The zero-order valence-electron chi connectivity index (χ0n) is 12.5. The lowest BCUT2D eigenvalue weighted by Gasteiger charge is -2.13. The molecular weight excluding hydrogens is 353 g/mol. The van der Waals surface area contributed by atoms with E-state index in [1.165, 1.54) is 0 Å². The molecule has 3 aromatic rings. The Morgan fingerprint density at radius 1 is 1.04 bits per heavy atom. The van der Waals surface area contributed by atoms with E-state index in [0.717, 1.165) is 28.8 Å². The van der Waals surface area contributed by atoms with Crippen molar-refractivity contribution >= 4 is 45.8 Å². The van der Waals surface area contributed by atoms with Crippen LogP contribution in [0.2, 0.25) is 15.1 Å². The topological polar surface area (TPSA) is 40.7 Å². The van der Waals surface area contributed by atoms with Crippen molar-refractivity contribution in [2.75, 3.05) is 0 Å². The van der Waals surface area contributed by atoms with Gasteiger partial charge in [-0.15, -0.1) is 0 Å². The first-order valence-electron chi connectivity index (χ1n) is 7.32. The Kier molecular flexibility index (Phi) is 5.12. The van der Waals surface area contributed by atoms with E-state index in [2.05, 4.69) is 22.2 Å². The van der Waals surface area contributed by atoms with Gasteiger partial charge in [-0.2, -0.15) is 0 Å². The van der Waals surface area contributed by atoms with Crippen LogP contribution in [0.3, 0.4) is 0 Å². The fourth-order valence-corrected chi connectivity index (χ4v) is 3.24. The summed E-state index contributed by atoms with van der Waals surface area (Å²) in [6.45, 7) is 2.82. The molecule has 2 N–H and O–H groups in total. The van der Waals surface area contributed by atoms with Crippen LogP contribution >= 0.6 is 34.8 Å². The van der Waals surface area contributed by atoms with E-state index in [-0.39, 0.29) is 6.04 Å². The normalized spacial score (nSPS) is 12.7. The van der Waals surface area contributed by atoms with E-state index >= 15 is 0 Å². The summed E-state index contributed by atoms with van der Waals surface area (Å²) >= 11 is 18.0. The van der Waals surface area contributed by atoms with Gasteiger partial charge in [-0.25, -0.2) is 4.98 Å². The van der Waals surface area contributed by atoms with Crippen LogP contribution in [-0.4, -0.2) is 16.0 Å². The highest BCUT2D eigenvalue weighted by molar-refractivity contribution is 6.34. The minimum absolute atomic E-state index is 0.254. The number of aromatic nitrogens is 2. The summed E-state index contributed by atoms with van der Waals surface area (Å²) in [6, 6.07) is 11.5. The monoisotopic (exact) mass is 367 g/mol. The number of nitrogens with zero attached hydrogens (tertiary/aromatic N) is 1. The van der Waals surface area contributed by atoms with Crippen molar-refractivity contribution < 1.29 is 0 Å². The molecule has 120 valence electrons. The van der Waals surface area contributed by atoms with E-state index in [4.69, 9.17) is 34.8 Å². The first-order chi connectivity index (χ1) is 11.0. The summed E-state index contributed by atoms with van der Waals surface area (Å²) < 4.78 is 0.